The standard InChI is InChI=1S/C14H20Br2N2O2S/c1-8-3-4-13(9(2)5-8)18-21(19,20)14-11(16)6-10(15)7-12(14)17/h6-9,13,18H,3-5,17H2,1-2H3. The summed E-state index contributed by atoms with van der Waals surface area (Å²) in [6.45, 7) is 4.31. The number of benzene rings is 1. The van der Waals surface area contributed by atoms with E-state index >= 15 is 0 Å². The predicted molar refractivity (Wildman–Crippen MR) is 92.5 cm³/mol. The number of anilines is 1. The fourth-order valence-corrected chi connectivity index (χ4v) is 6.41. The maximum absolute atomic E-state index is 12.6. The zero-order valence-corrected chi connectivity index (χ0v) is 16.1. The van der Waals surface area contributed by atoms with Crippen molar-refractivity contribution >= 4 is 47.6 Å². The highest BCUT2D eigenvalue weighted by Gasteiger charge is 2.31. The molecule has 1 aromatic carbocycles. The molecule has 2 rings (SSSR count). The largest absolute Gasteiger partial charge is 0.398 e. The summed E-state index contributed by atoms with van der Waals surface area (Å²) in [6.07, 6.45) is 2.97. The van der Waals surface area contributed by atoms with Crippen LogP contribution in [0.4, 0.5) is 5.69 Å². The molecule has 0 saturated heterocycles. The normalized spacial score (nSPS) is 26.8. The van der Waals surface area contributed by atoms with Crippen molar-refractivity contribution in [1.29, 1.82) is 0 Å². The molecule has 3 N–H and O–H groups in total. The van der Waals surface area contributed by atoms with Crippen molar-refractivity contribution < 1.29 is 8.42 Å². The van der Waals surface area contributed by atoms with Gasteiger partial charge in [0.1, 0.15) is 4.90 Å². The van der Waals surface area contributed by atoms with Crippen molar-refractivity contribution in [3.63, 3.8) is 0 Å². The van der Waals surface area contributed by atoms with E-state index in [9.17, 15) is 8.42 Å². The summed E-state index contributed by atoms with van der Waals surface area (Å²) in [6, 6.07) is 3.27. The Kier molecular flexibility index (Phi) is 5.39. The maximum Gasteiger partial charge on any atom is 0.244 e. The SMILES string of the molecule is CC1CCC(NS(=O)(=O)c2c(N)cc(Br)cc2Br)C(C)C1. The van der Waals surface area contributed by atoms with Gasteiger partial charge in [-0.05, 0) is 59.2 Å². The molecular formula is C14H20Br2N2O2S. The van der Waals surface area contributed by atoms with Gasteiger partial charge in [0.25, 0.3) is 0 Å². The molecule has 0 radical (unpaired) electrons. The molecule has 3 unspecified atom stereocenters. The van der Waals surface area contributed by atoms with Crippen molar-refractivity contribution in [3.05, 3.63) is 21.1 Å². The van der Waals surface area contributed by atoms with Gasteiger partial charge in [0, 0.05) is 15.0 Å². The van der Waals surface area contributed by atoms with Crippen LogP contribution in [0.2, 0.25) is 0 Å². The summed E-state index contributed by atoms with van der Waals surface area (Å²) >= 11 is 6.60. The van der Waals surface area contributed by atoms with Crippen molar-refractivity contribution in [1.82, 2.24) is 4.72 Å². The molecule has 0 bridgehead atoms. The van der Waals surface area contributed by atoms with Crippen molar-refractivity contribution in [2.75, 3.05) is 5.73 Å². The summed E-state index contributed by atoms with van der Waals surface area (Å²) in [5, 5.41) is 0. The quantitative estimate of drug-likeness (QED) is 0.701. The molecule has 7 heteroatoms. The van der Waals surface area contributed by atoms with Gasteiger partial charge in [-0.15, -0.1) is 0 Å². The first-order valence-corrected chi connectivity index (χ1v) is 10.0. The number of nitrogens with two attached hydrogens (primary N) is 1. The molecular weight excluding hydrogens is 420 g/mol. The van der Waals surface area contributed by atoms with E-state index in [0.717, 1.165) is 23.7 Å². The Hall–Kier alpha value is -0.110. The Morgan fingerprint density at radius 2 is 1.90 bits per heavy atom. The van der Waals surface area contributed by atoms with Crippen LogP contribution >= 0.6 is 31.9 Å². The fourth-order valence-electron chi connectivity index (χ4n) is 2.96. The third-order valence-corrected chi connectivity index (χ3v) is 7.00. The summed E-state index contributed by atoms with van der Waals surface area (Å²) in [5.41, 5.74) is 6.13. The van der Waals surface area contributed by atoms with Crippen LogP contribution < -0.4 is 10.5 Å². The van der Waals surface area contributed by atoms with Gasteiger partial charge in [0.15, 0.2) is 0 Å². The van der Waals surface area contributed by atoms with E-state index in [2.05, 4.69) is 50.4 Å². The lowest BCUT2D eigenvalue weighted by Gasteiger charge is -2.33. The average molecular weight is 440 g/mol. The molecule has 3 atom stereocenters. The van der Waals surface area contributed by atoms with Crippen LogP contribution in [0, 0.1) is 11.8 Å². The minimum atomic E-state index is -3.63. The molecule has 1 saturated carbocycles. The van der Waals surface area contributed by atoms with E-state index in [4.69, 9.17) is 5.73 Å². The molecule has 0 aliphatic heterocycles. The van der Waals surface area contributed by atoms with Crippen molar-refractivity contribution in [2.24, 2.45) is 11.8 Å². The highest BCUT2D eigenvalue weighted by Crippen LogP contribution is 2.34. The number of nitrogen functional groups attached to an aromatic ring is 1. The number of sulfonamides is 1. The van der Waals surface area contributed by atoms with E-state index in [-0.39, 0.29) is 16.6 Å². The van der Waals surface area contributed by atoms with Gasteiger partial charge in [-0.1, -0.05) is 29.8 Å². The smallest absolute Gasteiger partial charge is 0.244 e. The molecule has 1 aliphatic carbocycles. The molecule has 1 aromatic rings. The number of nitrogens with one attached hydrogen (secondary N) is 1. The van der Waals surface area contributed by atoms with Gasteiger partial charge < -0.3 is 5.73 Å². The lowest BCUT2D eigenvalue weighted by Crippen LogP contribution is -2.42. The second kappa shape index (κ2) is 6.56. The third kappa shape index (κ3) is 4.00. The topological polar surface area (TPSA) is 72.2 Å². The molecule has 118 valence electrons. The predicted octanol–water partition coefficient (Wildman–Crippen LogP) is 3.90. The van der Waals surface area contributed by atoms with Crippen LogP contribution in [-0.4, -0.2) is 14.5 Å². The maximum atomic E-state index is 12.6. The minimum Gasteiger partial charge on any atom is -0.398 e. The van der Waals surface area contributed by atoms with Gasteiger partial charge in [0.05, 0.1) is 5.69 Å². The van der Waals surface area contributed by atoms with Gasteiger partial charge in [0.2, 0.25) is 10.0 Å². The molecule has 0 spiro atoms. The molecule has 21 heavy (non-hydrogen) atoms. The van der Waals surface area contributed by atoms with Crippen molar-refractivity contribution in [3.8, 4) is 0 Å². The number of rotatable bonds is 3. The lowest BCUT2D eigenvalue weighted by molar-refractivity contribution is 0.249. The Labute approximate surface area is 143 Å². The van der Waals surface area contributed by atoms with E-state index in [1.54, 1.807) is 12.1 Å². The zero-order valence-electron chi connectivity index (χ0n) is 12.1. The van der Waals surface area contributed by atoms with Crippen LogP contribution in [-0.2, 0) is 10.0 Å². The van der Waals surface area contributed by atoms with Crippen LogP contribution in [0.25, 0.3) is 0 Å². The highest BCUT2D eigenvalue weighted by molar-refractivity contribution is 9.11. The van der Waals surface area contributed by atoms with Crippen LogP contribution in [0.1, 0.15) is 33.1 Å². The molecule has 4 nitrogen and oxygen atoms in total. The first kappa shape index (κ1) is 17.2. The summed E-state index contributed by atoms with van der Waals surface area (Å²) in [4.78, 5) is 0.122. The minimum absolute atomic E-state index is 0.0267. The monoisotopic (exact) mass is 438 g/mol. The molecule has 1 aliphatic rings. The Bertz CT molecular complexity index is 611. The van der Waals surface area contributed by atoms with E-state index in [1.165, 1.54) is 0 Å². The lowest BCUT2D eigenvalue weighted by atomic mass is 9.80. The Balaban J connectivity index is 2.27. The van der Waals surface area contributed by atoms with Crippen LogP contribution in [0.15, 0.2) is 26.0 Å². The first-order valence-electron chi connectivity index (χ1n) is 6.97. The molecule has 0 aromatic heterocycles. The molecule has 1 fully saturated rings. The third-order valence-electron chi connectivity index (χ3n) is 4.04. The van der Waals surface area contributed by atoms with E-state index in [0.29, 0.717) is 16.3 Å². The second-order valence-electron chi connectivity index (χ2n) is 5.93. The fraction of sp³-hybridized carbons (Fsp3) is 0.571. The van der Waals surface area contributed by atoms with Crippen LogP contribution in [0.5, 0.6) is 0 Å². The molecule has 0 heterocycles. The number of hydrogen-bond acceptors (Lipinski definition) is 3. The summed E-state index contributed by atoms with van der Waals surface area (Å²) < 4.78 is 29.3. The first-order chi connectivity index (χ1) is 9.70. The number of hydrogen-bond donors (Lipinski definition) is 2. The summed E-state index contributed by atoms with van der Waals surface area (Å²) in [5.74, 6) is 0.990. The van der Waals surface area contributed by atoms with Gasteiger partial charge in [-0.2, -0.15) is 0 Å². The molecule has 0 amide bonds. The highest BCUT2D eigenvalue weighted by atomic mass is 79.9. The van der Waals surface area contributed by atoms with Gasteiger partial charge in [-0.25, -0.2) is 13.1 Å². The van der Waals surface area contributed by atoms with Crippen molar-refractivity contribution in [2.45, 2.75) is 44.0 Å². The average Bonchev–Trinajstić information content (AvgIpc) is 2.30. The van der Waals surface area contributed by atoms with Crippen LogP contribution in [0.3, 0.4) is 0 Å². The van der Waals surface area contributed by atoms with Gasteiger partial charge in [-0.3, -0.25) is 0 Å². The number of halogens is 2. The Morgan fingerprint density at radius 1 is 1.24 bits per heavy atom. The zero-order chi connectivity index (χ0) is 15.8. The summed E-state index contributed by atoms with van der Waals surface area (Å²) in [7, 11) is -3.63. The Morgan fingerprint density at radius 3 is 2.48 bits per heavy atom. The van der Waals surface area contributed by atoms with Gasteiger partial charge >= 0.3 is 0 Å². The second-order valence-corrected chi connectivity index (χ2v) is 9.35. The van der Waals surface area contributed by atoms with E-state index < -0.39 is 10.0 Å². The van der Waals surface area contributed by atoms with E-state index in [1.807, 2.05) is 0 Å².